The molecular weight excluding hydrogens is 248 g/mol. The minimum Gasteiger partial charge on any atom is -0.478 e. The van der Waals surface area contributed by atoms with Crippen LogP contribution in [0.15, 0.2) is 22.7 Å². The number of carboxylic acid groups (broad SMARTS) is 1. The molecule has 2 aromatic rings. The highest BCUT2D eigenvalue weighted by molar-refractivity contribution is 5.97. The molecule has 0 saturated heterocycles. The Kier molecular flexibility index (Phi) is 3.65. The van der Waals surface area contributed by atoms with Crippen LogP contribution in [0.25, 0.3) is 0 Å². The third-order valence-corrected chi connectivity index (χ3v) is 2.57. The summed E-state index contributed by atoms with van der Waals surface area (Å²) in [5.74, 6) is 0.0651. The van der Waals surface area contributed by atoms with Gasteiger partial charge < -0.3 is 20.7 Å². The van der Waals surface area contributed by atoms with Crippen molar-refractivity contribution in [1.29, 1.82) is 0 Å². The first-order chi connectivity index (χ1) is 9.08. The van der Waals surface area contributed by atoms with E-state index < -0.39 is 5.97 Å². The predicted octanol–water partition coefficient (Wildman–Crippen LogP) is 1.31. The number of aryl methyl sites for hydroxylation is 1. The minimum atomic E-state index is -1.05. The van der Waals surface area contributed by atoms with E-state index in [1.807, 2.05) is 0 Å². The Morgan fingerprint density at radius 3 is 2.95 bits per heavy atom. The molecule has 2 rings (SSSR count). The molecule has 7 heteroatoms. The van der Waals surface area contributed by atoms with Gasteiger partial charge in [-0.05, 0) is 12.1 Å². The van der Waals surface area contributed by atoms with Crippen LogP contribution in [0.3, 0.4) is 0 Å². The van der Waals surface area contributed by atoms with Crippen molar-refractivity contribution in [3.63, 3.8) is 0 Å². The zero-order valence-electron chi connectivity index (χ0n) is 10.4. The number of hydrogen-bond donors (Lipinski definition) is 3. The zero-order chi connectivity index (χ0) is 13.8. The Labute approximate surface area is 109 Å². The van der Waals surface area contributed by atoms with Gasteiger partial charge in [0.25, 0.3) is 0 Å². The molecule has 1 heterocycles. The minimum absolute atomic E-state index is 0.0837. The number of nitrogens with two attached hydrogens (primary N) is 1. The third-order valence-electron chi connectivity index (χ3n) is 2.57. The summed E-state index contributed by atoms with van der Waals surface area (Å²) in [7, 11) is 0. The van der Waals surface area contributed by atoms with Crippen molar-refractivity contribution in [3.8, 4) is 0 Å². The molecule has 0 radical (unpaired) electrons. The number of nitrogens with one attached hydrogen (secondary N) is 1. The van der Waals surface area contributed by atoms with Crippen LogP contribution in [0.5, 0.6) is 0 Å². The molecule has 0 aliphatic rings. The highest BCUT2D eigenvalue weighted by Crippen LogP contribution is 2.22. The van der Waals surface area contributed by atoms with Gasteiger partial charge in [-0.25, -0.2) is 4.79 Å². The summed E-state index contributed by atoms with van der Waals surface area (Å²) in [5, 5.41) is 15.8. The topological polar surface area (TPSA) is 114 Å². The van der Waals surface area contributed by atoms with Crippen molar-refractivity contribution >= 4 is 17.3 Å². The van der Waals surface area contributed by atoms with Gasteiger partial charge in [-0.3, -0.25) is 0 Å². The Hall–Kier alpha value is -2.57. The number of para-hydroxylation sites is 1. The fraction of sp³-hybridized carbons (Fsp3) is 0.250. The van der Waals surface area contributed by atoms with E-state index >= 15 is 0 Å². The molecule has 1 aromatic carbocycles. The van der Waals surface area contributed by atoms with Gasteiger partial charge in [0.2, 0.25) is 5.89 Å². The molecule has 0 amide bonds. The van der Waals surface area contributed by atoms with Gasteiger partial charge >= 0.3 is 5.97 Å². The van der Waals surface area contributed by atoms with Gasteiger partial charge in [0.1, 0.15) is 0 Å². The van der Waals surface area contributed by atoms with E-state index in [1.54, 1.807) is 19.1 Å². The zero-order valence-corrected chi connectivity index (χ0v) is 10.4. The summed E-state index contributed by atoms with van der Waals surface area (Å²) in [5.41, 5.74) is 6.66. The maximum Gasteiger partial charge on any atom is 0.337 e. The lowest BCUT2D eigenvalue weighted by atomic mass is 10.1. The number of carbonyl (C=O) groups is 1. The van der Waals surface area contributed by atoms with Crippen molar-refractivity contribution < 1.29 is 14.4 Å². The molecule has 0 atom stereocenters. The monoisotopic (exact) mass is 262 g/mol. The molecule has 4 N–H and O–H groups in total. The number of nitrogen functional groups attached to an aromatic ring is 1. The van der Waals surface area contributed by atoms with Crippen LogP contribution >= 0.6 is 0 Å². The summed E-state index contributed by atoms with van der Waals surface area (Å²) in [4.78, 5) is 15.0. The molecule has 0 aliphatic carbocycles. The van der Waals surface area contributed by atoms with Crippen LogP contribution in [0.4, 0.5) is 11.4 Å². The quantitative estimate of drug-likeness (QED) is 0.696. The predicted molar refractivity (Wildman–Crippen MR) is 69.0 cm³/mol. The van der Waals surface area contributed by atoms with E-state index in [0.717, 1.165) is 0 Å². The fourth-order valence-electron chi connectivity index (χ4n) is 1.66. The number of benzene rings is 1. The molecular formula is C12H14N4O3. The Morgan fingerprint density at radius 2 is 2.32 bits per heavy atom. The van der Waals surface area contributed by atoms with Crippen molar-refractivity contribution in [2.75, 3.05) is 17.6 Å². The number of carboxylic acids is 1. The van der Waals surface area contributed by atoms with E-state index in [9.17, 15) is 4.79 Å². The normalized spacial score (nSPS) is 10.4. The molecule has 19 heavy (non-hydrogen) atoms. The van der Waals surface area contributed by atoms with Gasteiger partial charge in [-0.1, -0.05) is 11.2 Å². The van der Waals surface area contributed by atoms with Gasteiger partial charge in [0, 0.05) is 19.9 Å². The number of aromatic nitrogens is 2. The van der Waals surface area contributed by atoms with Gasteiger partial charge in [-0.15, -0.1) is 0 Å². The standard InChI is InChI=1S/C12H14N4O3/c1-7-15-10(16-19-7)5-6-14-9-4-2-3-8(11(9)13)12(17)18/h2-4,14H,5-6,13H2,1H3,(H,17,18). The van der Waals surface area contributed by atoms with Crippen molar-refractivity contribution in [2.45, 2.75) is 13.3 Å². The molecule has 7 nitrogen and oxygen atoms in total. The fourth-order valence-corrected chi connectivity index (χ4v) is 1.66. The summed E-state index contributed by atoms with van der Waals surface area (Å²) in [6.07, 6.45) is 0.564. The lowest BCUT2D eigenvalue weighted by Gasteiger charge is -2.10. The number of hydrogen-bond acceptors (Lipinski definition) is 6. The van der Waals surface area contributed by atoms with Gasteiger partial charge in [0.15, 0.2) is 5.82 Å². The molecule has 100 valence electrons. The second-order valence-corrected chi connectivity index (χ2v) is 3.98. The number of rotatable bonds is 5. The average Bonchev–Trinajstić information content (AvgIpc) is 2.77. The van der Waals surface area contributed by atoms with E-state index in [2.05, 4.69) is 15.5 Å². The second-order valence-electron chi connectivity index (χ2n) is 3.98. The SMILES string of the molecule is Cc1nc(CCNc2cccc(C(=O)O)c2N)no1. The average molecular weight is 262 g/mol. The van der Waals surface area contributed by atoms with E-state index in [1.165, 1.54) is 6.07 Å². The summed E-state index contributed by atoms with van der Waals surface area (Å²) < 4.78 is 4.85. The van der Waals surface area contributed by atoms with E-state index in [4.69, 9.17) is 15.4 Å². The number of nitrogens with zero attached hydrogens (tertiary/aromatic N) is 2. The maximum absolute atomic E-state index is 10.9. The highest BCUT2D eigenvalue weighted by atomic mass is 16.5. The Balaban J connectivity index is 2.00. The Morgan fingerprint density at radius 1 is 1.53 bits per heavy atom. The largest absolute Gasteiger partial charge is 0.478 e. The van der Waals surface area contributed by atoms with Crippen LogP contribution in [0.2, 0.25) is 0 Å². The second kappa shape index (κ2) is 5.38. The van der Waals surface area contributed by atoms with Crippen molar-refractivity contribution in [2.24, 2.45) is 0 Å². The molecule has 0 aliphatic heterocycles. The van der Waals surface area contributed by atoms with E-state index in [-0.39, 0.29) is 11.3 Å². The van der Waals surface area contributed by atoms with Crippen molar-refractivity contribution in [1.82, 2.24) is 10.1 Å². The van der Waals surface area contributed by atoms with Gasteiger partial charge in [-0.2, -0.15) is 4.98 Å². The third kappa shape index (κ3) is 3.01. The van der Waals surface area contributed by atoms with Gasteiger partial charge in [0.05, 0.1) is 16.9 Å². The van der Waals surface area contributed by atoms with Crippen LogP contribution in [-0.2, 0) is 6.42 Å². The molecule has 1 aromatic heterocycles. The molecule has 0 unspecified atom stereocenters. The Bertz CT molecular complexity index is 594. The molecule has 0 saturated carbocycles. The molecule has 0 fully saturated rings. The summed E-state index contributed by atoms with van der Waals surface area (Å²) in [6, 6.07) is 4.83. The molecule has 0 bridgehead atoms. The van der Waals surface area contributed by atoms with Crippen LogP contribution in [0, 0.1) is 6.92 Å². The van der Waals surface area contributed by atoms with Crippen LogP contribution in [-0.4, -0.2) is 27.8 Å². The number of aromatic carboxylic acids is 1. The lowest BCUT2D eigenvalue weighted by molar-refractivity contribution is 0.0698. The highest BCUT2D eigenvalue weighted by Gasteiger charge is 2.10. The molecule has 0 spiro atoms. The van der Waals surface area contributed by atoms with Crippen LogP contribution < -0.4 is 11.1 Å². The smallest absolute Gasteiger partial charge is 0.337 e. The first-order valence-corrected chi connectivity index (χ1v) is 5.73. The van der Waals surface area contributed by atoms with Crippen LogP contribution in [0.1, 0.15) is 22.1 Å². The summed E-state index contributed by atoms with van der Waals surface area (Å²) in [6.45, 7) is 2.25. The summed E-state index contributed by atoms with van der Waals surface area (Å²) >= 11 is 0. The van der Waals surface area contributed by atoms with Crippen molar-refractivity contribution in [3.05, 3.63) is 35.5 Å². The number of anilines is 2. The van der Waals surface area contributed by atoms with E-state index in [0.29, 0.717) is 30.4 Å². The lowest BCUT2D eigenvalue weighted by Crippen LogP contribution is -2.10. The first kappa shape index (κ1) is 12.9. The first-order valence-electron chi connectivity index (χ1n) is 5.73. The maximum atomic E-state index is 10.9.